The number of thiophene rings is 1. The van der Waals surface area contributed by atoms with E-state index in [1.165, 1.54) is 31.7 Å². The van der Waals surface area contributed by atoms with Crippen molar-refractivity contribution in [3.8, 4) is 0 Å². The van der Waals surface area contributed by atoms with Crippen LogP contribution in [-0.4, -0.2) is 0 Å². The summed E-state index contributed by atoms with van der Waals surface area (Å²) in [6.45, 7) is 6.99. The lowest BCUT2D eigenvalue weighted by Gasteiger charge is -2.25. The van der Waals surface area contributed by atoms with Gasteiger partial charge in [0.15, 0.2) is 0 Å². The van der Waals surface area contributed by atoms with Crippen LogP contribution in [0.15, 0.2) is 54.2 Å². The standard InChI is InChI=1S/C26H31NS/c1-17(2)18(3)16-23(19-10-5-4-6-11-19)25(27)22-14-9-13-21-20-12-7-8-15-24(20)28-26(21)22/h4-7,9-10,12-14,17-19H,8,11,15-16,27H2,1-3H3/b25-23+. The molecule has 0 bridgehead atoms. The van der Waals surface area contributed by atoms with Crippen molar-refractivity contribution in [2.45, 2.75) is 46.5 Å². The van der Waals surface area contributed by atoms with E-state index in [0.717, 1.165) is 31.4 Å². The monoisotopic (exact) mass is 389 g/mol. The number of allylic oxidation sites excluding steroid dienone is 6. The summed E-state index contributed by atoms with van der Waals surface area (Å²) in [5.41, 5.74) is 12.0. The maximum atomic E-state index is 6.95. The second-order valence-corrected chi connectivity index (χ2v) is 9.69. The first-order valence-electron chi connectivity index (χ1n) is 10.6. The van der Waals surface area contributed by atoms with Crippen molar-refractivity contribution < 1.29 is 0 Å². The second-order valence-electron chi connectivity index (χ2n) is 8.58. The van der Waals surface area contributed by atoms with E-state index in [9.17, 15) is 0 Å². The van der Waals surface area contributed by atoms with E-state index in [1.54, 1.807) is 0 Å². The van der Waals surface area contributed by atoms with Gasteiger partial charge in [0.25, 0.3) is 0 Å². The third-order valence-electron chi connectivity index (χ3n) is 6.40. The number of benzene rings is 1. The third-order valence-corrected chi connectivity index (χ3v) is 7.71. The van der Waals surface area contributed by atoms with Crippen LogP contribution in [-0.2, 0) is 6.42 Å². The highest BCUT2D eigenvalue weighted by Crippen LogP contribution is 2.41. The molecular formula is C26H31NS. The predicted octanol–water partition coefficient (Wildman–Crippen LogP) is 7.35. The van der Waals surface area contributed by atoms with Crippen LogP contribution < -0.4 is 5.73 Å². The number of fused-ring (bicyclic) bond motifs is 3. The van der Waals surface area contributed by atoms with Gasteiger partial charge in [-0.3, -0.25) is 0 Å². The third kappa shape index (κ3) is 3.63. The van der Waals surface area contributed by atoms with E-state index >= 15 is 0 Å². The molecule has 2 unspecified atom stereocenters. The van der Waals surface area contributed by atoms with Crippen molar-refractivity contribution in [3.63, 3.8) is 0 Å². The average Bonchev–Trinajstić information content (AvgIpc) is 3.10. The second kappa shape index (κ2) is 8.13. The highest BCUT2D eigenvalue weighted by molar-refractivity contribution is 7.19. The summed E-state index contributed by atoms with van der Waals surface area (Å²) >= 11 is 1.95. The topological polar surface area (TPSA) is 26.0 Å². The van der Waals surface area contributed by atoms with Gasteiger partial charge in [-0.25, -0.2) is 0 Å². The van der Waals surface area contributed by atoms with E-state index in [2.05, 4.69) is 75.4 Å². The van der Waals surface area contributed by atoms with E-state index in [0.29, 0.717) is 17.8 Å². The first kappa shape index (κ1) is 19.3. The summed E-state index contributed by atoms with van der Waals surface area (Å²) in [6.07, 6.45) is 18.0. The predicted molar refractivity (Wildman–Crippen MR) is 125 cm³/mol. The van der Waals surface area contributed by atoms with Gasteiger partial charge < -0.3 is 5.73 Å². The van der Waals surface area contributed by atoms with Crippen LogP contribution in [0.4, 0.5) is 0 Å². The number of aryl methyl sites for hydroxylation is 1. The SMILES string of the molecule is CC(C)C(C)C/C(=C(\N)c1cccc2c3c(sc12)CCC=C3)C1C=CC=CC1. The highest BCUT2D eigenvalue weighted by atomic mass is 32.1. The van der Waals surface area contributed by atoms with Crippen LogP contribution in [0.3, 0.4) is 0 Å². The minimum Gasteiger partial charge on any atom is -0.398 e. The molecule has 0 saturated heterocycles. The summed E-state index contributed by atoms with van der Waals surface area (Å²) in [6, 6.07) is 6.67. The zero-order valence-electron chi connectivity index (χ0n) is 17.2. The van der Waals surface area contributed by atoms with E-state index < -0.39 is 0 Å². The Kier molecular flexibility index (Phi) is 5.59. The summed E-state index contributed by atoms with van der Waals surface area (Å²) in [5, 5.41) is 1.37. The number of hydrogen-bond donors (Lipinski definition) is 1. The Balaban J connectivity index is 1.84. The molecule has 2 heteroatoms. The van der Waals surface area contributed by atoms with Gasteiger partial charge in [-0.05, 0) is 48.7 Å². The van der Waals surface area contributed by atoms with Crippen molar-refractivity contribution in [2.24, 2.45) is 23.5 Å². The van der Waals surface area contributed by atoms with Gasteiger partial charge in [0.05, 0.1) is 0 Å². The van der Waals surface area contributed by atoms with Gasteiger partial charge in [0, 0.05) is 32.1 Å². The maximum absolute atomic E-state index is 6.95. The van der Waals surface area contributed by atoms with E-state index in [-0.39, 0.29) is 0 Å². The molecule has 2 aromatic rings. The molecule has 0 amide bonds. The van der Waals surface area contributed by atoms with Crippen LogP contribution in [0, 0.1) is 17.8 Å². The van der Waals surface area contributed by atoms with Gasteiger partial charge in [-0.15, -0.1) is 11.3 Å². The van der Waals surface area contributed by atoms with Crippen molar-refractivity contribution in [2.75, 3.05) is 0 Å². The smallest absolute Gasteiger partial charge is 0.0444 e. The molecular weight excluding hydrogens is 358 g/mol. The van der Waals surface area contributed by atoms with Crippen LogP contribution >= 0.6 is 11.3 Å². The first-order valence-corrected chi connectivity index (χ1v) is 11.4. The van der Waals surface area contributed by atoms with Crippen molar-refractivity contribution >= 4 is 33.2 Å². The lowest BCUT2D eigenvalue weighted by molar-refractivity contribution is 0.406. The molecule has 2 atom stereocenters. The van der Waals surface area contributed by atoms with Gasteiger partial charge in [-0.1, -0.05) is 75.4 Å². The van der Waals surface area contributed by atoms with Crippen LogP contribution in [0.2, 0.25) is 0 Å². The molecule has 1 heterocycles. The fourth-order valence-corrected chi connectivity index (χ4v) is 5.57. The Morgan fingerprint density at radius 1 is 1.18 bits per heavy atom. The Morgan fingerprint density at radius 3 is 2.79 bits per heavy atom. The van der Waals surface area contributed by atoms with Crippen LogP contribution in [0.5, 0.6) is 0 Å². The zero-order valence-corrected chi connectivity index (χ0v) is 18.1. The van der Waals surface area contributed by atoms with Gasteiger partial charge in [-0.2, -0.15) is 0 Å². The molecule has 2 aliphatic carbocycles. The van der Waals surface area contributed by atoms with Crippen LogP contribution in [0.1, 0.15) is 56.0 Å². The summed E-state index contributed by atoms with van der Waals surface area (Å²) < 4.78 is 1.36. The number of nitrogens with two attached hydrogens (primary N) is 1. The highest BCUT2D eigenvalue weighted by Gasteiger charge is 2.22. The maximum Gasteiger partial charge on any atom is 0.0444 e. The number of hydrogen-bond acceptors (Lipinski definition) is 2. The molecule has 28 heavy (non-hydrogen) atoms. The molecule has 0 radical (unpaired) electrons. The lowest BCUT2D eigenvalue weighted by atomic mass is 9.81. The zero-order chi connectivity index (χ0) is 19.7. The molecule has 1 nitrogen and oxygen atoms in total. The minimum absolute atomic E-state index is 0.413. The average molecular weight is 390 g/mol. The molecule has 0 aliphatic heterocycles. The lowest BCUT2D eigenvalue weighted by Crippen LogP contribution is -2.15. The van der Waals surface area contributed by atoms with Gasteiger partial charge >= 0.3 is 0 Å². The van der Waals surface area contributed by atoms with E-state index in [4.69, 9.17) is 5.73 Å². The van der Waals surface area contributed by atoms with Gasteiger partial charge in [0.1, 0.15) is 0 Å². The summed E-state index contributed by atoms with van der Waals surface area (Å²) in [5.74, 6) is 1.68. The molecule has 0 fully saturated rings. The molecule has 2 aliphatic rings. The summed E-state index contributed by atoms with van der Waals surface area (Å²) in [4.78, 5) is 1.51. The van der Waals surface area contributed by atoms with Gasteiger partial charge in [0.2, 0.25) is 0 Å². The fourth-order valence-electron chi connectivity index (χ4n) is 4.24. The molecule has 0 saturated carbocycles. The Hall–Kier alpha value is -2.06. The normalized spacial score (nSPS) is 20.5. The first-order chi connectivity index (χ1) is 13.6. The Bertz CT molecular complexity index is 983. The van der Waals surface area contributed by atoms with Crippen molar-refractivity contribution in [1.82, 2.24) is 0 Å². The molecule has 1 aromatic heterocycles. The fraction of sp³-hybridized carbons (Fsp3) is 0.385. The minimum atomic E-state index is 0.413. The number of rotatable bonds is 5. The van der Waals surface area contributed by atoms with Crippen molar-refractivity contribution in [1.29, 1.82) is 0 Å². The molecule has 4 rings (SSSR count). The van der Waals surface area contributed by atoms with Crippen LogP contribution in [0.25, 0.3) is 21.9 Å². The molecule has 146 valence electrons. The van der Waals surface area contributed by atoms with Crippen molar-refractivity contribution in [3.05, 3.63) is 70.2 Å². The molecule has 0 spiro atoms. The summed E-state index contributed by atoms with van der Waals surface area (Å²) in [7, 11) is 0. The molecule has 1 aromatic carbocycles. The largest absolute Gasteiger partial charge is 0.398 e. The Morgan fingerprint density at radius 2 is 2.04 bits per heavy atom. The van der Waals surface area contributed by atoms with E-state index in [1.807, 2.05) is 11.3 Å². The Labute approximate surface area is 173 Å². The quantitative estimate of drug-likeness (QED) is 0.568. The molecule has 2 N–H and O–H groups in total.